The van der Waals surface area contributed by atoms with Crippen LogP contribution in [-0.2, 0) is 4.79 Å². The molecule has 20 heavy (non-hydrogen) atoms. The Morgan fingerprint density at radius 1 is 1.10 bits per heavy atom. The Kier molecular flexibility index (Phi) is 4.27. The van der Waals surface area contributed by atoms with Gasteiger partial charge in [0.05, 0.1) is 0 Å². The predicted molar refractivity (Wildman–Crippen MR) is 76.8 cm³/mol. The van der Waals surface area contributed by atoms with Gasteiger partial charge in [-0.3, -0.25) is 0 Å². The van der Waals surface area contributed by atoms with Crippen molar-refractivity contribution in [3.63, 3.8) is 0 Å². The first kappa shape index (κ1) is 14.4. The van der Waals surface area contributed by atoms with E-state index >= 15 is 0 Å². The van der Waals surface area contributed by atoms with E-state index in [1.54, 1.807) is 12.1 Å². The molecular formula is C15H20N2O3. The molecule has 2 amide bonds. The van der Waals surface area contributed by atoms with E-state index in [0.717, 1.165) is 24.8 Å². The Hall–Kier alpha value is -2.04. The first-order valence-corrected chi connectivity index (χ1v) is 6.91. The van der Waals surface area contributed by atoms with E-state index in [1.165, 1.54) is 0 Å². The second-order valence-corrected chi connectivity index (χ2v) is 5.39. The van der Waals surface area contributed by atoms with Crippen LogP contribution in [0, 0.1) is 6.92 Å². The number of carbonyl (C=O) groups excluding carboxylic acids is 1. The molecule has 0 heterocycles. The molecule has 0 bridgehead atoms. The van der Waals surface area contributed by atoms with Crippen LogP contribution in [0.15, 0.2) is 24.3 Å². The number of aryl methyl sites for hydroxylation is 1. The zero-order valence-electron chi connectivity index (χ0n) is 11.6. The Bertz CT molecular complexity index is 490. The summed E-state index contributed by atoms with van der Waals surface area (Å²) >= 11 is 0. The molecule has 1 aromatic carbocycles. The summed E-state index contributed by atoms with van der Waals surface area (Å²) in [5.74, 6) is -0.948. The molecule has 0 radical (unpaired) electrons. The maximum Gasteiger partial charge on any atom is 0.329 e. The monoisotopic (exact) mass is 276 g/mol. The largest absolute Gasteiger partial charge is 0.480 e. The van der Waals surface area contributed by atoms with Crippen LogP contribution in [0.25, 0.3) is 0 Å². The average molecular weight is 276 g/mol. The van der Waals surface area contributed by atoms with Gasteiger partial charge in [-0.05, 0) is 31.9 Å². The number of rotatable bonds is 3. The minimum Gasteiger partial charge on any atom is -0.480 e. The molecule has 5 heteroatoms. The van der Waals surface area contributed by atoms with Crippen molar-refractivity contribution in [1.29, 1.82) is 0 Å². The van der Waals surface area contributed by atoms with Gasteiger partial charge < -0.3 is 15.7 Å². The molecule has 5 nitrogen and oxygen atoms in total. The third kappa shape index (κ3) is 3.29. The molecule has 0 atom stereocenters. The van der Waals surface area contributed by atoms with Gasteiger partial charge >= 0.3 is 12.0 Å². The van der Waals surface area contributed by atoms with Crippen molar-refractivity contribution in [3.05, 3.63) is 29.8 Å². The molecule has 0 saturated heterocycles. The maximum atomic E-state index is 12.0. The lowest BCUT2D eigenvalue weighted by atomic mass is 9.82. The first-order valence-electron chi connectivity index (χ1n) is 6.91. The van der Waals surface area contributed by atoms with E-state index in [1.807, 2.05) is 19.1 Å². The lowest BCUT2D eigenvalue weighted by molar-refractivity contribution is -0.145. The summed E-state index contributed by atoms with van der Waals surface area (Å²) in [6.07, 6.45) is 3.66. The molecule has 1 aromatic rings. The zero-order chi connectivity index (χ0) is 14.6. The lowest BCUT2D eigenvalue weighted by Crippen LogP contribution is -2.56. The van der Waals surface area contributed by atoms with Gasteiger partial charge in [0, 0.05) is 5.69 Å². The summed E-state index contributed by atoms with van der Waals surface area (Å²) in [6.45, 7) is 1.96. The Morgan fingerprint density at radius 3 is 2.25 bits per heavy atom. The van der Waals surface area contributed by atoms with Gasteiger partial charge in [0.25, 0.3) is 0 Å². The summed E-state index contributed by atoms with van der Waals surface area (Å²) in [6, 6.07) is 6.91. The number of hydrogen-bond acceptors (Lipinski definition) is 2. The van der Waals surface area contributed by atoms with Gasteiger partial charge in [0.1, 0.15) is 5.54 Å². The molecule has 0 aromatic heterocycles. The number of hydrogen-bond donors (Lipinski definition) is 3. The molecule has 0 aliphatic heterocycles. The van der Waals surface area contributed by atoms with Crippen LogP contribution in [-0.4, -0.2) is 22.6 Å². The van der Waals surface area contributed by atoms with Crippen molar-refractivity contribution in [2.75, 3.05) is 5.32 Å². The van der Waals surface area contributed by atoms with E-state index in [0.29, 0.717) is 18.5 Å². The highest BCUT2D eigenvalue weighted by atomic mass is 16.4. The number of carboxylic acids is 1. The highest BCUT2D eigenvalue weighted by Crippen LogP contribution is 2.28. The number of anilines is 1. The van der Waals surface area contributed by atoms with Crippen LogP contribution < -0.4 is 10.6 Å². The smallest absolute Gasteiger partial charge is 0.329 e. The van der Waals surface area contributed by atoms with E-state index in [4.69, 9.17) is 0 Å². The molecule has 0 unspecified atom stereocenters. The normalized spacial score (nSPS) is 17.2. The van der Waals surface area contributed by atoms with E-state index < -0.39 is 17.5 Å². The maximum absolute atomic E-state index is 12.0. The standard InChI is InChI=1S/C15H20N2O3/c1-11-5-7-12(8-6-11)16-14(20)17-15(13(18)19)9-3-2-4-10-15/h5-8H,2-4,9-10H2,1H3,(H,18,19)(H2,16,17,20). The van der Waals surface area contributed by atoms with E-state index in [9.17, 15) is 14.7 Å². The fraction of sp³-hybridized carbons (Fsp3) is 0.467. The summed E-state index contributed by atoms with van der Waals surface area (Å²) in [5.41, 5.74) is 0.641. The molecule has 2 rings (SSSR count). The van der Waals surface area contributed by atoms with Crippen molar-refractivity contribution >= 4 is 17.7 Å². The van der Waals surface area contributed by atoms with Gasteiger partial charge in [-0.15, -0.1) is 0 Å². The summed E-state index contributed by atoms with van der Waals surface area (Å²) < 4.78 is 0. The second-order valence-electron chi connectivity index (χ2n) is 5.39. The molecule has 1 fully saturated rings. The number of benzene rings is 1. The number of aliphatic carboxylic acids is 1. The summed E-state index contributed by atoms with van der Waals surface area (Å²) in [5, 5.41) is 14.7. The second kappa shape index (κ2) is 5.94. The van der Waals surface area contributed by atoms with E-state index in [2.05, 4.69) is 10.6 Å². The third-order valence-corrected chi connectivity index (χ3v) is 3.78. The van der Waals surface area contributed by atoms with Crippen LogP contribution in [0.3, 0.4) is 0 Å². The van der Waals surface area contributed by atoms with Gasteiger partial charge in [-0.1, -0.05) is 37.0 Å². The molecule has 1 saturated carbocycles. The molecule has 108 valence electrons. The number of carbonyl (C=O) groups is 2. The zero-order valence-corrected chi connectivity index (χ0v) is 11.6. The molecular weight excluding hydrogens is 256 g/mol. The fourth-order valence-corrected chi connectivity index (χ4v) is 2.56. The van der Waals surface area contributed by atoms with Crippen molar-refractivity contribution in [2.45, 2.75) is 44.6 Å². The molecule has 3 N–H and O–H groups in total. The van der Waals surface area contributed by atoms with Crippen molar-refractivity contribution in [3.8, 4) is 0 Å². The molecule has 0 spiro atoms. The van der Waals surface area contributed by atoms with Gasteiger partial charge in [0.2, 0.25) is 0 Å². The minimum absolute atomic E-state index is 0.460. The number of urea groups is 1. The topological polar surface area (TPSA) is 78.4 Å². The van der Waals surface area contributed by atoms with Crippen LogP contribution in [0.2, 0.25) is 0 Å². The molecule has 1 aliphatic carbocycles. The van der Waals surface area contributed by atoms with Crippen molar-refractivity contribution in [2.24, 2.45) is 0 Å². The van der Waals surface area contributed by atoms with Crippen LogP contribution in [0.5, 0.6) is 0 Å². The Morgan fingerprint density at radius 2 is 1.70 bits per heavy atom. The van der Waals surface area contributed by atoms with E-state index in [-0.39, 0.29) is 0 Å². The fourth-order valence-electron chi connectivity index (χ4n) is 2.56. The van der Waals surface area contributed by atoms with Crippen molar-refractivity contribution in [1.82, 2.24) is 5.32 Å². The quantitative estimate of drug-likeness (QED) is 0.794. The van der Waals surface area contributed by atoms with Crippen molar-refractivity contribution < 1.29 is 14.7 Å². The van der Waals surface area contributed by atoms with Crippen LogP contribution in [0.1, 0.15) is 37.7 Å². The Balaban J connectivity index is 2.01. The summed E-state index contributed by atoms with van der Waals surface area (Å²) in [4.78, 5) is 23.5. The van der Waals surface area contributed by atoms with Gasteiger partial charge in [-0.25, -0.2) is 9.59 Å². The number of amides is 2. The number of nitrogens with one attached hydrogen (secondary N) is 2. The minimum atomic E-state index is -1.12. The van der Waals surface area contributed by atoms with Gasteiger partial charge in [0.15, 0.2) is 0 Å². The summed E-state index contributed by atoms with van der Waals surface area (Å²) in [7, 11) is 0. The molecule has 1 aliphatic rings. The average Bonchev–Trinajstić information content (AvgIpc) is 2.42. The van der Waals surface area contributed by atoms with Crippen LogP contribution in [0.4, 0.5) is 10.5 Å². The lowest BCUT2D eigenvalue weighted by Gasteiger charge is -2.33. The first-order chi connectivity index (χ1) is 9.52. The highest BCUT2D eigenvalue weighted by molar-refractivity contribution is 5.94. The van der Waals surface area contributed by atoms with Crippen LogP contribution >= 0.6 is 0 Å². The third-order valence-electron chi connectivity index (χ3n) is 3.78. The SMILES string of the molecule is Cc1ccc(NC(=O)NC2(C(=O)O)CCCCC2)cc1. The Labute approximate surface area is 118 Å². The predicted octanol–water partition coefficient (Wildman–Crippen LogP) is 2.90. The van der Waals surface area contributed by atoms with Gasteiger partial charge in [-0.2, -0.15) is 0 Å². The number of carboxylic acid groups (broad SMARTS) is 1. The highest BCUT2D eigenvalue weighted by Gasteiger charge is 2.40.